The lowest BCUT2D eigenvalue weighted by atomic mass is 10.1. The normalized spacial score (nSPS) is 9.81. The van der Waals surface area contributed by atoms with Crippen LogP contribution in [0.25, 0.3) is 0 Å². The molecule has 0 spiro atoms. The van der Waals surface area contributed by atoms with Gasteiger partial charge in [0.05, 0.1) is 14.2 Å². The lowest BCUT2D eigenvalue weighted by Gasteiger charge is -2.19. The molecular weight excluding hydrogens is 280 g/mol. The van der Waals surface area contributed by atoms with E-state index in [9.17, 15) is 14.4 Å². The smallest absolute Gasteiger partial charge is 0.323 e. The molecule has 0 fully saturated rings. The van der Waals surface area contributed by atoms with Crippen LogP contribution in [0.3, 0.4) is 0 Å². The van der Waals surface area contributed by atoms with Crippen molar-refractivity contribution in [3.8, 4) is 11.5 Å². The summed E-state index contributed by atoms with van der Waals surface area (Å²) in [7, 11) is 2.85. The predicted octanol–water partition coefficient (Wildman–Crippen LogP) is -0.284. The van der Waals surface area contributed by atoms with E-state index in [0.29, 0.717) is 11.5 Å². The second-order valence-corrected chi connectivity index (χ2v) is 4.09. The molecule has 8 nitrogen and oxygen atoms in total. The standard InChI is InChI=1S/C13H16N2O6/c1-20-9-4-3-8(5-10(9)21-2)13(19)15(6-11(14)16)7-12(17)18/h3-5H,6-7H2,1-2H3,(H2,14,16)(H,17,18). The highest BCUT2D eigenvalue weighted by Gasteiger charge is 2.21. The van der Waals surface area contributed by atoms with Crippen molar-refractivity contribution in [3.05, 3.63) is 23.8 Å². The average Bonchev–Trinajstić information content (AvgIpc) is 2.44. The van der Waals surface area contributed by atoms with E-state index in [-0.39, 0.29) is 5.56 Å². The van der Waals surface area contributed by atoms with E-state index in [1.165, 1.54) is 32.4 Å². The summed E-state index contributed by atoms with van der Waals surface area (Å²) in [4.78, 5) is 34.8. The Labute approximate surface area is 121 Å². The second-order valence-electron chi connectivity index (χ2n) is 4.09. The summed E-state index contributed by atoms with van der Waals surface area (Å²) in [5.41, 5.74) is 5.18. The molecule has 0 saturated heterocycles. The number of primary amides is 1. The first-order chi connectivity index (χ1) is 9.88. The Balaban J connectivity index is 3.07. The van der Waals surface area contributed by atoms with Gasteiger partial charge in [-0.3, -0.25) is 14.4 Å². The van der Waals surface area contributed by atoms with Crippen LogP contribution in [0.2, 0.25) is 0 Å². The number of aliphatic carboxylic acids is 1. The summed E-state index contributed by atoms with van der Waals surface area (Å²) < 4.78 is 10.1. The number of hydrogen-bond donors (Lipinski definition) is 2. The fourth-order valence-corrected chi connectivity index (χ4v) is 1.70. The molecule has 0 bridgehead atoms. The van der Waals surface area contributed by atoms with Crippen molar-refractivity contribution in [3.63, 3.8) is 0 Å². The van der Waals surface area contributed by atoms with Gasteiger partial charge >= 0.3 is 5.97 Å². The van der Waals surface area contributed by atoms with Gasteiger partial charge in [0, 0.05) is 5.56 Å². The van der Waals surface area contributed by atoms with Gasteiger partial charge in [-0.05, 0) is 18.2 Å². The van der Waals surface area contributed by atoms with Crippen molar-refractivity contribution < 1.29 is 29.0 Å². The SMILES string of the molecule is COc1ccc(C(=O)N(CC(N)=O)CC(=O)O)cc1OC. The maximum atomic E-state index is 12.2. The third-order valence-electron chi connectivity index (χ3n) is 2.59. The number of amides is 2. The Morgan fingerprint density at radius 3 is 2.24 bits per heavy atom. The first-order valence-corrected chi connectivity index (χ1v) is 5.90. The Bertz CT molecular complexity index is 542. The lowest BCUT2D eigenvalue weighted by molar-refractivity contribution is -0.138. The first-order valence-electron chi connectivity index (χ1n) is 5.90. The van der Waals surface area contributed by atoms with Crippen LogP contribution >= 0.6 is 0 Å². The maximum Gasteiger partial charge on any atom is 0.323 e. The zero-order valence-electron chi connectivity index (χ0n) is 11.7. The number of carboxylic acid groups (broad SMARTS) is 1. The minimum Gasteiger partial charge on any atom is -0.493 e. The molecule has 0 heterocycles. The van der Waals surface area contributed by atoms with Crippen LogP contribution in [0, 0.1) is 0 Å². The summed E-state index contributed by atoms with van der Waals surface area (Å²) in [6.07, 6.45) is 0. The Morgan fingerprint density at radius 2 is 1.76 bits per heavy atom. The van der Waals surface area contributed by atoms with Gasteiger partial charge in [-0.1, -0.05) is 0 Å². The largest absolute Gasteiger partial charge is 0.493 e. The van der Waals surface area contributed by atoms with Crippen LogP contribution in [0.15, 0.2) is 18.2 Å². The number of benzene rings is 1. The Hall–Kier alpha value is -2.77. The highest BCUT2D eigenvalue weighted by Crippen LogP contribution is 2.28. The number of rotatable bonds is 7. The fraction of sp³-hybridized carbons (Fsp3) is 0.308. The number of hydrogen-bond acceptors (Lipinski definition) is 5. The molecule has 1 aromatic carbocycles. The van der Waals surface area contributed by atoms with Gasteiger partial charge in [0.1, 0.15) is 13.1 Å². The molecule has 2 amide bonds. The van der Waals surface area contributed by atoms with Crippen LogP contribution in [0.1, 0.15) is 10.4 Å². The Kier molecular flexibility index (Phi) is 5.53. The highest BCUT2D eigenvalue weighted by atomic mass is 16.5. The van der Waals surface area contributed by atoms with E-state index in [0.717, 1.165) is 4.90 Å². The quantitative estimate of drug-likeness (QED) is 0.714. The number of carbonyl (C=O) groups excluding carboxylic acids is 2. The van der Waals surface area contributed by atoms with Gasteiger partial charge < -0.3 is 25.2 Å². The lowest BCUT2D eigenvalue weighted by Crippen LogP contribution is -2.41. The van der Waals surface area contributed by atoms with Gasteiger partial charge in [0.2, 0.25) is 5.91 Å². The van der Waals surface area contributed by atoms with E-state index in [1.54, 1.807) is 0 Å². The van der Waals surface area contributed by atoms with Crippen molar-refractivity contribution in [1.82, 2.24) is 4.90 Å². The molecule has 0 atom stereocenters. The minimum absolute atomic E-state index is 0.162. The number of methoxy groups -OCH3 is 2. The van der Waals surface area contributed by atoms with Crippen molar-refractivity contribution in [2.24, 2.45) is 5.73 Å². The van der Waals surface area contributed by atoms with Gasteiger partial charge in [-0.15, -0.1) is 0 Å². The zero-order valence-corrected chi connectivity index (χ0v) is 11.7. The van der Waals surface area contributed by atoms with Crippen molar-refractivity contribution >= 4 is 17.8 Å². The van der Waals surface area contributed by atoms with E-state index < -0.39 is 30.9 Å². The molecule has 0 saturated carbocycles. The maximum absolute atomic E-state index is 12.2. The van der Waals surface area contributed by atoms with E-state index in [1.807, 2.05) is 0 Å². The summed E-state index contributed by atoms with van der Waals surface area (Å²) in [6, 6.07) is 4.35. The molecule has 0 aromatic heterocycles. The van der Waals surface area contributed by atoms with E-state index in [4.69, 9.17) is 20.3 Å². The van der Waals surface area contributed by atoms with E-state index >= 15 is 0 Å². The molecule has 0 aliphatic heterocycles. The zero-order chi connectivity index (χ0) is 16.0. The third kappa shape index (κ3) is 4.37. The average molecular weight is 296 g/mol. The van der Waals surface area contributed by atoms with Crippen molar-refractivity contribution in [2.75, 3.05) is 27.3 Å². The van der Waals surface area contributed by atoms with Gasteiger partial charge in [-0.25, -0.2) is 0 Å². The van der Waals surface area contributed by atoms with Gasteiger partial charge in [0.25, 0.3) is 5.91 Å². The molecule has 0 aliphatic carbocycles. The van der Waals surface area contributed by atoms with E-state index in [2.05, 4.69) is 0 Å². The molecule has 0 unspecified atom stereocenters. The first kappa shape index (κ1) is 16.3. The molecule has 1 aromatic rings. The summed E-state index contributed by atoms with van der Waals surface area (Å²) in [5.74, 6) is -1.95. The number of nitrogens with two attached hydrogens (primary N) is 1. The van der Waals surface area contributed by atoms with Crippen LogP contribution in [0.4, 0.5) is 0 Å². The topological polar surface area (TPSA) is 119 Å². The number of nitrogens with zero attached hydrogens (tertiary/aromatic N) is 1. The molecule has 21 heavy (non-hydrogen) atoms. The van der Waals surface area contributed by atoms with Crippen LogP contribution in [-0.4, -0.2) is 55.1 Å². The molecule has 1 rings (SSSR count). The Morgan fingerprint density at radius 1 is 1.14 bits per heavy atom. The molecule has 0 radical (unpaired) electrons. The summed E-state index contributed by atoms with van der Waals surface area (Å²) >= 11 is 0. The second kappa shape index (κ2) is 7.13. The van der Waals surface area contributed by atoms with Crippen LogP contribution in [-0.2, 0) is 9.59 Å². The molecular formula is C13H16N2O6. The monoisotopic (exact) mass is 296 g/mol. The van der Waals surface area contributed by atoms with Crippen LogP contribution in [0.5, 0.6) is 11.5 Å². The van der Waals surface area contributed by atoms with Crippen molar-refractivity contribution in [1.29, 1.82) is 0 Å². The highest BCUT2D eigenvalue weighted by molar-refractivity contribution is 5.98. The summed E-state index contributed by atoms with van der Waals surface area (Å²) in [5, 5.41) is 8.78. The molecule has 114 valence electrons. The molecule has 8 heteroatoms. The number of carboxylic acids is 1. The number of ether oxygens (including phenoxy) is 2. The van der Waals surface area contributed by atoms with Crippen LogP contribution < -0.4 is 15.2 Å². The fourth-order valence-electron chi connectivity index (χ4n) is 1.70. The molecule has 3 N–H and O–H groups in total. The van der Waals surface area contributed by atoms with Gasteiger partial charge in [0.15, 0.2) is 11.5 Å². The summed E-state index contributed by atoms with van der Waals surface area (Å²) in [6.45, 7) is -1.12. The predicted molar refractivity (Wildman–Crippen MR) is 72.3 cm³/mol. The number of carbonyl (C=O) groups is 3. The minimum atomic E-state index is -1.25. The van der Waals surface area contributed by atoms with Crippen molar-refractivity contribution in [2.45, 2.75) is 0 Å². The van der Waals surface area contributed by atoms with Gasteiger partial charge in [-0.2, -0.15) is 0 Å². The molecule has 0 aliphatic rings. The third-order valence-corrected chi connectivity index (χ3v) is 2.59.